The highest BCUT2D eigenvalue weighted by atomic mass is 16.3. The Hall–Kier alpha value is -3.66. The Bertz CT molecular complexity index is 1610. The van der Waals surface area contributed by atoms with Gasteiger partial charge < -0.3 is 5.11 Å². The maximum Gasteiger partial charge on any atom is 0.265 e. The van der Waals surface area contributed by atoms with E-state index >= 15 is 0 Å². The van der Waals surface area contributed by atoms with E-state index in [2.05, 4.69) is 44.8 Å². The summed E-state index contributed by atoms with van der Waals surface area (Å²) in [7, 11) is 0. The second-order valence-corrected chi connectivity index (χ2v) is 9.36. The molecule has 0 radical (unpaired) electrons. The first kappa shape index (κ1) is 19.1. The summed E-state index contributed by atoms with van der Waals surface area (Å²) in [5.74, 6) is 0.421. The smallest absolute Gasteiger partial charge is 0.265 e. The SMILES string of the molecule is CC(C)c1cccc(C(C)C)c1-n1c(O)c2ccc3c4cncc-4c4ccc(c1=O)c2c34. The van der Waals surface area contributed by atoms with E-state index in [1.165, 1.54) is 4.57 Å². The minimum Gasteiger partial charge on any atom is -0.494 e. The molecule has 6 rings (SSSR count). The Labute approximate surface area is 185 Å². The Morgan fingerprint density at radius 3 is 1.81 bits per heavy atom. The van der Waals surface area contributed by atoms with Gasteiger partial charge in [0.25, 0.3) is 5.56 Å². The lowest BCUT2D eigenvalue weighted by Crippen LogP contribution is -2.22. The Balaban J connectivity index is 1.83. The van der Waals surface area contributed by atoms with E-state index in [9.17, 15) is 9.90 Å². The highest BCUT2D eigenvalue weighted by Crippen LogP contribution is 2.46. The molecule has 32 heavy (non-hydrogen) atoms. The number of rotatable bonds is 3. The topological polar surface area (TPSA) is 55.1 Å². The van der Waals surface area contributed by atoms with Gasteiger partial charge in [0.05, 0.1) is 5.69 Å². The van der Waals surface area contributed by atoms with Crippen LogP contribution in [0.15, 0.2) is 59.7 Å². The zero-order valence-electron chi connectivity index (χ0n) is 18.6. The molecule has 1 aromatic heterocycles. The van der Waals surface area contributed by atoms with Crippen molar-refractivity contribution >= 4 is 32.3 Å². The number of pyridine rings is 1. The number of fused-ring (bicyclic) bond motifs is 3. The van der Waals surface area contributed by atoms with Crippen LogP contribution in [0.1, 0.15) is 50.7 Å². The maximum absolute atomic E-state index is 14.0. The number of aromatic nitrogens is 2. The van der Waals surface area contributed by atoms with Crippen molar-refractivity contribution in [1.82, 2.24) is 9.55 Å². The fraction of sp³-hybridized carbons (Fsp3) is 0.214. The van der Waals surface area contributed by atoms with Crippen molar-refractivity contribution in [1.29, 1.82) is 0 Å². The van der Waals surface area contributed by atoms with Crippen LogP contribution in [0.3, 0.4) is 0 Å². The van der Waals surface area contributed by atoms with E-state index in [4.69, 9.17) is 0 Å². The lowest BCUT2D eigenvalue weighted by atomic mass is 9.92. The molecule has 158 valence electrons. The molecule has 0 spiro atoms. The molecule has 0 fully saturated rings. The summed E-state index contributed by atoms with van der Waals surface area (Å²) in [5.41, 5.74) is 4.91. The van der Waals surface area contributed by atoms with Crippen LogP contribution in [-0.2, 0) is 0 Å². The first-order valence-electron chi connectivity index (χ1n) is 11.1. The summed E-state index contributed by atoms with van der Waals surface area (Å²) in [6.07, 6.45) is 3.75. The van der Waals surface area contributed by atoms with Crippen LogP contribution in [-0.4, -0.2) is 14.7 Å². The molecule has 0 unspecified atom stereocenters. The molecule has 0 saturated carbocycles. The van der Waals surface area contributed by atoms with Crippen LogP contribution in [0.4, 0.5) is 0 Å². The predicted molar refractivity (Wildman–Crippen MR) is 131 cm³/mol. The van der Waals surface area contributed by atoms with Gasteiger partial charge in [-0.1, -0.05) is 58.0 Å². The molecule has 4 aromatic rings. The van der Waals surface area contributed by atoms with Crippen LogP contribution in [0.2, 0.25) is 0 Å². The molecule has 1 aliphatic carbocycles. The largest absolute Gasteiger partial charge is 0.494 e. The average Bonchev–Trinajstić information content (AvgIpc) is 3.36. The van der Waals surface area contributed by atoms with Crippen molar-refractivity contribution in [3.63, 3.8) is 0 Å². The normalized spacial score (nSPS) is 12.6. The lowest BCUT2D eigenvalue weighted by molar-refractivity contribution is 0.442. The Morgan fingerprint density at radius 2 is 1.25 bits per heavy atom. The summed E-state index contributed by atoms with van der Waals surface area (Å²) in [5, 5.41) is 16.9. The predicted octanol–water partition coefficient (Wildman–Crippen LogP) is 6.62. The molecule has 0 bridgehead atoms. The molecular weight excluding hydrogens is 396 g/mol. The number of aromatic hydroxyl groups is 1. The van der Waals surface area contributed by atoms with Gasteiger partial charge in [-0.05, 0) is 51.3 Å². The molecular formula is C28H24N2O2. The van der Waals surface area contributed by atoms with E-state index < -0.39 is 0 Å². The van der Waals surface area contributed by atoms with Gasteiger partial charge in [0.2, 0.25) is 5.88 Å². The van der Waals surface area contributed by atoms with Gasteiger partial charge in [-0.3, -0.25) is 9.78 Å². The van der Waals surface area contributed by atoms with Crippen molar-refractivity contribution in [2.45, 2.75) is 39.5 Å². The van der Waals surface area contributed by atoms with Gasteiger partial charge in [-0.2, -0.15) is 0 Å². The molecule has 1 aliphatic heterocycles. The van der Waals surface area contributed by atoms with Crippen LogP contribution in [0, 0.1) is 0 Å². The lowest BCUT2D eigenvalue weighted by Gasteiger charge is -2.23. The number of hydrogen-bond donors (Lipinski definition) is 1. The first-order chi connectivity index (χ1) is 15.4. The molecule has 2 heterocycles. The highest BCUT2D eigenvalue weighted by molar-refractivity contribution is 6.31. The maximum atomic E-state index is 14.0. The van der Waals surface area contributed by atoms with Crippen molar-refractivity contribution in [2.75, 3.05) is 0 Å². The van der Waals surface area contributed by atoms with Crippen LogP contribution in [0.25, 0.3) is 49.1 Å². The summed E-state index contributed by atoms with van der Waals surface area (Å²) >= 11 is 0. The number of nitrogens with zero attached hydrogens (tertiary/aromatic N) is 2. The van der Waals surface area contributed by atoms with Gasteiger partial charge in [-0.25, -0.2) is 4.57 Å². The van der Waals surface area contributed by atoms with Crippen LogP contribution < -0.4 is 5.56 Å². The molecule has 4 nitrogen and oxygen atoms in total. The van der Waals surface area contributed by atoms with E-state index in [0.29, 0.717) is 10.8 Å². The van der Waals surface area contributed by atoms with Crippen molar-refractivity contribution in [3.05, 3.63) is 76.3 Å². The second-order valence-electron chi connectivity index (χ2n) is 9.36. The van der Waals surface area contributed by atoms with Crippen molar-refractivity contribution < 1.29 is 5.11 Å². The van der Waals surface area contributed by atoms with Crippen LogP contribution >= 0.6 is 0 Å². The molecule has 0 amide bonds. The van der Waals surface area contributed by atoms with Gasteiger partial charge >= 0.3 is 0 Å². The average molecular weight is 421 g/mol. The zero-order chi connectivity index (χ0) is 22.3. The summed E-state index contributed by atoms with van der Waals surface area (Å²) in [6, 6.07) is 14.1. The molecule has 1 N–H and O–H groups in total. The minimum absolute atomic E-state index is 0.00547. The fourth-order valence-electron chi connectivity index (χ4n) is 5.38. The molecule has 0 atom stereocenters. The van der Waals surface area contributed by atoms with E-state index in [1.807, 2.05) is 42.7 Å². The van der Waals surface area contributed by atoms with Gasteiger partial charge in [-0.15, -0.1) is 0 Å². The summed E-state index contributed by atoms with van der Waals surface area (Å²) in [6.45, 7) is 8.48. The molecule has 3 aromatic carbocycles. The Morgan fingerprint density at radius 1 is 0.750 bits per heavy atom. The first-order valence-corrected chi connectivity index (χ1v) is 11.1. The zero-order valence-corrected chi connectivity index (χ0v) is 18.6. The second kappa shape index (κ2) is 6.42. The van der Waals surface area contributed by atoms with E-state index in [0.717, 1.165) is 49.5 Å². The summed E-state index contributed by atoms with van der Waals surface area (Å²) < 4.78 is 1.54. The Kier molecular flexibility index (Phi) is 3.83. The van der Waals surface area contributed by atoms with Gasteiger partial charge in [0.15, 0.2) is 0 Å². The highest BCUT2D eigenvalue weighted by Gasteiger charge is 2.26. The molecule has 0 saturated heterocycles. The fourth-order valence-corrected chi connectivity index (χ4v) is 5.38. The van der Waals surface area contributed by atoms with Gasteiger partial charge in [0.1, 0.15) is 0 Å². The quantitative estimate of drug-likeness (QED) is 0.350. The summed E-state index contributed by atoms with van der Waals surface area (Å²) in [4.78, 5) is 18.3. The van der Waals surface area contributed by atoms with Crippen molar-refractivity contribution in [2.24, 2.45) is 0 Å². The molecule has 2 aliphatic rings. The monoisotopic (exact) mass is 420 g/mol. The van der Waals surface area contributed by atoms with E-state index in [-0.39, 0.29) is 23.3 Å². The standard InChI is InChI=1S/C28H24N2O2/c1-14(2)16-6-5-7-17(15(3)4)26(16)30-27(31)20-10-8-18-22-12-29-13-23(22)19-9-11-21(28(30)32)25(20)24(18)19/h5-15,31H,1-4H3. The third kappa shape index (κ3) is 2.27. The number of hydrogen-bond acceptors (Lipinski definition) is 3. The molecule has 4 heteroatoms. The number of benzene rings is 3. The number of para-hydroxylation sites is 1. The third-order valence-corrected chi connectivity index (χ3v) is 6.89. The van der Waals surface area contributed by atoms with E-state index in [1.54, 1.807) is 0 Å². The van der Waals surface area contributed by atoms with Crippen LogP contribution in [0.5, 0.6) is 5.88 Å². The minimum atomic E-state index is -0.182. The van der Waals surface area contributed by atoms with Crippen molar-refractivity contribution in [3.8, 4) is 22.7 Å². The third-order valence-electron chi connectivity index (χ3n) is 6.89. The van der Waals surface area contributed by atoms with Gasteiger partial charge in [0, 0.05) is 39.7 Å².